The highest BCUT2D eigenvalue weighted by atomic mass is 16.6. The predicted molar refractivity (Wildman–Crippen MR) is 232 cm³/mol. The molecule has 3 aromatic carbocycles. The Labute approximate surface area is 359 Å². The lowest BCUT2D eigenvalue weighted by atomic mass is 9.76. The van der Waals surface area contributed by atoms with Crippen LogP contribution in [0, 0.1) is 11.8 Å². The van der Waals surface area contributed by atoms with Crippen molar-refractivity contribution >= 4 is 35.8 Å². The van der Waals surface area contributed by atoms with Crippen LogP contribution in [0.5, 0.6) is 0 Å². The van der Waals surface area contributed by atoms with Gasteiger partial charge < -0.3 is 35.1 Å². The van der Waals surface area contributed by atoms with E-state index in [1.165, 1.54) is 4.90 Å². The quantitative estimate of drug-likeness (QED) is 0.0836. The maximum absolute atomic E-state index is 15.7. The molecule has 1 heterocycles. The summed E-state index contributed by atoms with van der Waals surface area (Å²) in [6, 6.07) is 24.1. The normalized spacial score (nSPS) is 14.8. The van der Waals surface area contributed by atoms with E-state index >= 15 is 4.79 Å². The molecule has 0 radical (unpaired) electrons. The monoisotopic (exact) mass is 841 g/mol. The van der Waals surface area contributed by atoms with Crippen molar-refractivity contribution in [3.63, 3.8) is 0 Å². The van der Waals surface area contributed by atoms with Crippen LogP contribution >= 0.6 is 0 Å². The maximum atomic E-state index is 15.7. The molecule has 1 aliphatic heterocycles. The van der Waals surface area contributed by atoms with Crippen LogP contribution in [-0.2, 0) is 46.2 Å². The number of morpholine rings is 1. The Morgan fingerprint density at radius 3 is 2.11 bits per heavy atom. The molecule has 3 aromatic rings. The summed E-state index contributed by atoms with van der Waals surface area (Å²) in [6.45, 7) is 11.0. The molecule has 14 heteroatoms. The van der Waals surface area contributed by atoms with Crippen molar-refractivity contribution in [1.29, 1.82) is 0 Å². The molecule has 1 saturated heterocycles. The lowest BCUT2D eigenvalue weighted by molar-refractivity contribution is -0.152. The predicted octanol–water partition coefficient (Wildman–Crippen LogP) is 5.97. The van der Waals surface area contributed by atoms with Gasteiger partial charge in [-0.1, -0.05) is 119 Å². The number of ether oxygens (including phenoxy) is 3. The second-order valence-electron chi connectivity index (χ2n) is 16.7. The van der Waals surface area contributed by atoms with E-state index in [4.69, 9.17) is 14.2 Å². The van der Waals surface area contributed by atoms with Crippen molar-refractivity contribution in [2.75, 3.05) is 39.5 Å². The summed E-state index contributed by atoms with van der Waals surface area (Å²) in [5.41, 5.74) is 0.120. The Balaban J connectivity index is 1.91. The molecule has 0 bridgehead atoms. The van der Waals surface area contributed by atoms with Crippen LogP contribution in [-0.4, -0.2) is 97.4 Å². The molecule has 1 aliphatic rings. The second-order valence-corrected chi connectivity index (χ2v) is 16.7. The number of hydrogen-bond donors (Lipinski definition) is 4. The number of hydrogen-bond acceptors (Lipinski definition) is 9. The fraction of sp³-hybridized carbons (Fsp3) is 0.489. The van der Waals surface area contributed by atoms with Crippen molar-refractivity contribution in [2.45, 2.75) is 97.2 Å². The van der Waals surface area contributed by atoms with E-state index in [1.807, 2.05) is 67.6 Å². The van der Waals surface area contributed by atoms with E-state index in [0.717, 1.165) is 24.0 Å². The fourth-order valence-electron chi connectivity index (χ4n) is 6.96. The minimum absolute atomic E-state index is 0.0148. The van der Waals surface area contributed by atoms with Gasteiger partial charge >= 0.3 is 18.1 Å². The molecule has 61 heavy (non-hydrogen) atoms. The zero-order valence-electron chi connectivity index (χ0n) is 36.4. The highest BCUT2D eigenvalue weighted by Crippen LogP contribution is 2.32. The van der Waals surface area contributed by atoms with E-state index in [2.05, 4.69) is 21.3 Å². The van der Waals surface area contributed by atoms with Gasteiger partial charge in [-0.3, -0.25) is 24.5 Å². The minimum atomic E-state index is -1.98. The van der Waals surface area contributed by atoms with Crippen LogP contribution in [0.25, 0.3) is 11.1 Å². The fourth-order valence-corrected chi connectivity index (χ4v) is 6.96. The van der Waals surface area contributed by atoms with Crippen molar-refractivity contribution in [2.24, 2.45) is 11.8 Å². The van der Waals surface area contributed by atoms with Gasteiger partial charge in [0, 0.05) is 44.8 Å². The number of carbonyl (C=O) groups is 6. The van der Waals surface area contributed by atoms with Gasteiger partial charge in [-0.15, -0.1) is 0 Å². The van der Waals surface area contributed by atoms with Crippen molar-refractivity contribution in [1.82, 2.24) is 26.2 Å². The number of imide groups is 1. The second kappa shape index (κ2) is 23.3. The Hall–Kier alpha value is -5.76. The Kier molecular flexibility index (Phi) is 18.3. The van der Waals surface area contributed by atoms with Gasteiger partial charge in [0.2, 0.25) is 11.8 Å². The third-order valence-corrected chi connectivity index (χ3v) is 10.3. The average Bonchev–Trinajstić information content (AvgIpc) is 3.23. The van der Waals surface area contributed by atoms with Gasteiger partial charge in [-0.05, 0) is 49.4 Å². The standard InChI is InChI=1S/C47H63N5O9/c1-7-8-11-24-40(53)51-47(30-36-22-16-17-23-38(36)35-20-14-10-15-21-35,37(32-60-42(55)33(2)3)31-48-45(58)61-46(4,5)6)43(56)49-39(29-34-18-12-9-13-19-34)41(54)50-44(57)52-25-27-59-28-26-52/h9-10,12-23,33,37,39H,7-8,11,24-32H2,1-6H3,(H,48,58)(H,49,56)(H,51,53)(H,50,54,57). The molecular weight excluding hydrogens is 779 g/mol. The third-order valence-electron chi connectivity index (χ3n) is 10.3. The number of carbonyl (C=O) groups excluding carboxylic acids is 6. The molecule has 1 fully saturated rings. The molecule has 330 valence electrons. The Morgan fingerprint density at radius 1 is 0.836 bits per heavy atom. The van der Waals surface area contributed by atoms with Gasteiger partial charge in [0.1, 0.15) is 17.2 Å². The number of esters is 1. The molecule has 0 spiro atoms. The molecule has 4 rings (SSSR count). The summed E-state index contributed by atoms with van der Waals surface area (Å²) in [4.78, 5) is 85.4. The first-order chi connectivity index (χ1) is 29.1. The van der Waals surface area contributed by atoms with Crippen molar-refractivity contribution < 1.29 is 43.0 Å². The van der Waals surface area contributed by atoms with E-state index < -0.39 is 71.4 Å². The molecular formula is C47H63N5O9. The first-order valence-corrected chi connectivity index (χ1v) is 21.2. The van der Waals surface area contributed by atoms with Gasteiger partial charge in [-0.25, -0.2) is 9.59 Å². The summed E-state index contributed by atoms with van der Waals surface area (Å²) >= 11 is 0. The van der Waals surface area contributed by atoms with Crippen LogP contribution in [0.15, 0.2) is 84.9 Å². The lowest BCUT2D eigenvalue weighted by Crippen LogP contribution is -2.69. The van der Waals surface area contributed by atoms with Crippen LogP contribution in [0.2, 0.25) is 0 Å². The van der Waals surface area contributed by atoms with E-state index in [1.54, 1.807) is 58.9 Å². The molecule has 0 aromatic heterocycles. The van der Waals surface area contributed by atoms with Crippen LogP contribution in [0.1, 0.15) is 78.4 Å². The third kappa shape index (κ3) is 15.0. The van der Waals surface area contributed by atoms with Crippen LogP contribution in [0.3, 0.4) is 0 Å². The molecule has 4 N–H and O–H groups in total. The molecule has 0 aliphatic carbocycles. The number of amides is 6. The maximum Gasteiger partial charge on any atom is 0.407 e. The van der Waals surface area contributed by atoms with Gasteiger partial charge in [0.05, 0.1) is 25.7 Å². The van der Waals surface area contributed by atoms with Gasteiger partial charge in [0.25, 0.3) is 5.91 Å². The zero-order valence-corrected chi connectivity index (χ0v) is 36.4. The molecule has 6 amide bonds. The van der Waals surface area contributed by atoms with Crippen molar-refractivity contribution in [3.05, 3.63) is 96.1 Å². The summed E-state index contributed by atoms with van der Waals surface area (Å²) in [5.74, 6) is -4.23. The number of benzene rings is 3. The zero-order chi connectivity index (χ0) is 44.4. The molecule has 14 nitrogen and oxygen atoms in total. The summed E-state index contributed by atoms with van der Waals surface area (Å²) < 4.78 is 16.8. The van der Waals surface area contributed by atoms with Crippen LogP contribution in [0.4, 0.5) is 9.59 Å². The van der Waals surface area contributed by atoms with Gasteiger partial charge in [-0.2, -0.15) is 0 Å². The summed E-state index contributed by atoms with van der Waals surface area (Å²) in [6.07, 6.45) is 1.25. The number of alkyl carbamates (subject to hydrolysis) is 1. The topological polar surface area (TPSA) is 181 Å². The van der Waals surface area contributed by atoms with E-state index in [0.29, 0.717) is 30.8 Å². The Bertz CT molecular complexity index is 1910. The summed E-state index contributed by atoms with van der Waals surface area (Å²) in [7, 11) is 0. The number of nitrogens with one attached hydrogen (secondary N) is 4. The highest BCUT2D eigenvalue weighted by Gasteiger charge is 2.49. The first kappa shape index (κ1) is 47.9. The smallest absolute Gasteiger partial charge is 0.407 e. The number of rotatable bonds is 19. The van der Waals surface area contributed by atoms with Gasteiger partial charge in [0.15, 0.2) is 0 Å². The summed E-state index contributed by atoms with van der Waals surface area (Å²) in [5, 5.41) is 11.3. The SMILES string of the molecule is CCCCCC(=O)NC(Cc1ccccc1-c1ccccc1)(C(=O)NC(Cc1ccccc1)C(=O)NC(=O)N1CCOCC1)C(CNC(=O)OC(C)(C)C)COC(=O)C(C)C. The largest absolute Gasteiger partial charge is 0.465 e. The molecule has 3 atom stereocenters. The molecule has 3 unspecified atom stereocenters. The number of urea groups is 1. The lowest BCUT2D eigenvalue weighted by Gasteiger charge is -2.41. The minimum Gasteiger partial charge on any atom is -0.465 e. The number of nitrogens with zero attached hydrogens (tertiary/aromatic N) is 1. The molecule has 0 saturated carbocycles. The van der Waals surface area contributed by atoms with Crippen LogP contribution < -0.4 is 21.3 Å². The highest BCUT2D eigenvalue weighted by molar-refractivity contribution is 6.01. The van der Waals surface area contributed by atoms with Crippen molar-refractivity contribution in [3.8, 4) is 11.1 Å². The van der Waals surface area contributed by atoms with E-state index in [9.17, 15) is 24.0 Å². The number of unbranched alkanes of at least 4 members (excludes halogenated alkanes) is 2. The van der Waals surface area contributed by atoms with E-state index in [-0.39, 0.29) is 38.9 Å². The first-order valence-electron chi connectivity index (χ1n) is 21.2. The average molecular weight is 842 g/mol. The Morgan fingerprint density at radius 2 is 1.48 bits per heavy atom.